The molecular weight excluding hydrogens is 278 g/mol. The van der Waals surface area contributed by atoms with E-state index >= 15 is 0 Å². The number of hydrogen-bond donors (Lipinski definition) is 1. The van der Waals surface area contributed by atoms with Gasteiger partial charge in [0, 0.05) is 11.4 Å². The van der Waals surface area contributed by atoms with Gasteiger partial charge in [0.05, 0.1) is 11.6 Å². The second kappa shape index (κ2) is 6.30. The van der Waals surface area contributed by atoms with Gasteiger partial charge in [-0.05, 0) is 24.8 Å². The predicted octanol–water partition coefficient (Wildman–Crippen LogP) is 2.09. The van der Waals surface area contributed by atoms with Crippen LogP contribution in [-0.4, -0.2) is 21.7 Å². The fourth-order valence-electron chi connectivity index (χ4n) is 3.16. The highest BCUT2D eigenvalue weighted by Crippen LogP contribution is 2.23. The van der Waals surface area contributed by atoms with Crippen LogP contribution in [0.1, 0.15) is 32.6 Å². The average Bonchev–Trinajstić information content (AvgIpc) is 2.53. The monoisotopic (exact) mass is 299 g/mol. The van der Waals surface area contributed by atoms with Crippen molar-refractivity contribution in [1.29, 1.82) is 0 Å². The summed E-state index contributed by atoms with van der Waals surface area (Å²) in [5, 5.41) is 8.55. The molecule has 1 N–H and O–H groups in total. The lowest BCUT2D eigenvalue weighted by molar-refractivity contribution is -0.123. The van der Waals surface area contributed by atoms with E-state index in [9.17, 15) is 9.59 Å². The Morgan fingerprint density at radius 1 is 1.32 bits per heavy atom. The molecule has 0 radical (unpaired) electrons. The first kappa shape index (κ1) is 14.8. The van der Waals surface area contributed by atoms with Crippen molar-refractivity contribution in [1.82, 2.24) is 15.1 Å². The Balaban J connectivity index is 1.74. The molecule has 0 unspecified atom stereocenters. The fraction of sp³-hybridized carbons (Fsp3) is 0.471. The number of hydrogen-bond acceptors (Lipinski definition) is 3. The zero-order valence-electron chi connectivity index (χ0n) is 12.8. The molecule has 5 heteroatoms. The molecule has 2 aromatic rings. The molecule has 0 bridgehead atoms. The van der Waals surface area contributed by atoms with Crippen LogP contribution in [0.5, 0.6) is 0 Å². The van der Waals surface area contributed by atoms with Crippen molar-refractivity contribution < 1.29 is 4.79 Å². The minimum Gasteiger partial charge on any atom is -0.351 e. The lowest BCUT2D eigenvalue weighted by atomic mass is 9.86. The van der Waals surface area contributed by atoms with E-state index < -0.39 is 0 Å². The number of nitrogens with one attached hydrogen (secondary N) is 1. The molecule has 1 aromatic carbocycles. The van der Waals surface area contributed by atoms with Gasteiger partial charge in [-0.2, -0.15) is 5.10 Å². The van der Waals surface area contributed by atoms with E-state index in [2.05, 4.69) is 17.3 Å². The van der Waals surface area contributed by atoms with Crippen LogP contribution in [0.15, 0.2) is 35.3 Å². The van der Waals surface area contributed by atoms with E-state index in [-0.39, 0.29) is 24.1 Å². The van der Waals surface area contributed by atoms with Crippen molar-refractivity contribution in [2.75, 3.05) is 0 Å². The Bertz CT molecular complexity index is 738. The number of rotatable bonds is 3. The summed E-state index contributed by atoms with van der Waals surface area (Å²) in [5.74, 6) is 0.364. The zero-order valence-corrected chi connectivity index (χ0v) is 12.8. The van der Waals surface area contributed by atoms with E-state index in [1.807, 2.05) is 18.2 Å². The van der Waals surface area contributed by atoms with E-state index in [0.29, 0.717) is 11.3 Å². The Hall–Kier alpha value is -2.17. The van der Waals surface area contributed by atoms with E-state index in [1.165, 1.54) is 11.1 Å². The first-order valence-electron chi connectivity index (χ1n) is 7.89. The second-order valence-electron chi connectivity index (χ2n) is 6.13. The van der Waals surface area contributed by atoms with Crippen LogP contribution in [0, 0.1) is 5.92 Å². The summed E-state index contributed by atoms with van der Waals surface area (Å²) in [6, 6.07) is 7.51. The first-order valence-corrected chi connectivity index (χ1v) is 7.89. The Labute approximate surface area is 129 Å². The maximum atomic E-state index is 12.3. The van der Waals surface area contributed by atoms with Crippen molar-refractivity contribution in [3.63, 3.8) is 0 Å². The van der Waals surface area contributed by atoms with Crippen LogP contribution < -0.4 is 10.9 Å². The molecule has 3 rings (SSSR count). The van der Waals surface area contributed by atoms with Crippen LogP contribution in [0.3, 0.4) is 0 Å². The highest BCUT2D eigenvalue weighted by molar-refractivity contribution is 5.81. The standard InChI is InChI=1S/C17H21N3O2/c1-12-6-2-5-9-15(12)19-16(21)11-20-17(22)14-8-4-3-7-13(14)10-18-20/h3-4,7-8,10,12,15H,2,5-6,9,11H2,1H3,(H,19,21)/t12-,15+/m0/s1. The minimum absolute atomic E-state index is 0.0209. The first-order chi connectivity index (χ1) is 10.6. The van der Waals surface area contributed by atoms with Crippen LogP contribution in [0.25, 0.3) is 10.8 Å². The molecule has 1 aliphatic carbocycles. The summed E-state index contributed by atoms with van der Waals surface area (Å²) < 4.78 is 1.24. The third-order valence-corrected chi connectivity index (χ3v) is 4.51. The lowest BCUT2D eigenvalue weighted by Crippen LogP contribution is -2.43. The summed E-state index contributed by atoms with van der Waals surface area (Å²) in [7, 11) is 0. The van der Waals surface area contributed by atoms with Crippen LogP contribution in [0.4, 0.5) is 0 Å². The van der Waals surface area contributed by atoms with Crippen LogP contribution >= 0.6 is 0 Å². The molecule has 0 saturated heterocycles. The fourth-order valence-corrected chi connectivity index (χ4v) is 3.16. The number of aromatic nitrogens is 2. The molecule has 22 heavy (non-hydrogen) atoms. The van der Waals surface area contributed by atoms with E-state index in [4.69, 9.17) is 0 Å². The van der Waals surface area contributed by atoms with Gasteiger partial charge in [0.1, 0.15) is 6.54 Å². The quantitative estimate of drug-likeness (QED) is 0.944. The van der Waals surface area contributed by atoms with Crippen molar-refractivity contribution >= 4 is 16.7 Å². The third-order valence-electron chi connectivity index (χ3n) is 4.51. The third kappa shape index (κ3) is 3.03. The Kier molecular flexibility index (Phi) is 4.22. The number of nitrogens with zero attached hydrogens (tertiary/aromatic N) is 2. The molecule has 1 heterocycles. The Morgan fingerprint density at radius 2 is 2.09 bits per heavy atom. The normalized spacial score (nSPS) is 21.7. The highest BCUT2D eigenvalue weighted by atomic mass is 16.2. The van der Waals surface area contributed by atoms with Crippen LogP contribution in [0.2, 0.25) is 0 Å². The summed E-state index contributed by atoms with van der Waals surface area (Å²) in [5.41, 5.74) is -0.218. The molecule has 1 aromatic heterocycles. The second-order valence-corrected chi connectivity index (χ2v) is 6.13. The zero-order chi connectivity index (χ0) is 15.5. The average molecular weight is 299 g/mol. The van der Waals surface area contributed by atoms with Gasteiger partial charge in [0.15, 0.2) is 0 Å². The van der Waals surface area contributed by atoms with E-state index in [1.54, 1.807) is 12.3 Å². The van der Waals surface area contributed by atoms with Gasteiger partial charge in [-0.1, -0.05) is 38.0 Å². The van der Waals surface area contributed by atoms with Gasteiger partial charge in [-0.25, -0.2) is 4.68 Å². The minimum atomic E-state index is -0.218. The maximum absolute atomic E-state index is 12.3. The van der Waals surface area contributed by atoms with Gasteiger partial charge in [0.2, 0.25) is 5.91 Å². The number of carbonyl (C=O) groups excluding carboxylic acids is 1. The number of fused-ring (bicyclic) bond motifs is 1. The van der Waals surface area contributed by atoms with E-state index in [0.717, 1.165) is 24.6 Å². The topological polar surface area (TPSA) is 64.0 Å². The molecule has 5 nitrogen and oxygen atoms in total. The molecule has 2 atom stereocenters. The lowest BCUT2D eigenvalue weighted by Gasteiger charge is -2.29. The molecule has 0 spiro atoms. The van der Waals surface area contributed by atoms with Crippen molar-refractivity contribution in [2.45, 2.75) is 45.2 Å². The number of amides is 1. The smallest absolute Gasteiger partial charge is 0.275 e. The van der Waals surface area contributed by atoms with Gasteiger partial charge >= 0.3 is 0 Å². The van der Waals surface area contributed by atoms with Crippen LogP contribution in [-0.2, 0) is 11.3 Å². The largest absolute Gasteiger partial charge is 0.351 e. The molecule has 0 aliphatic heterocycles. The summed E-state index contributed by atoms with van der Waals surface area (Å²) in [6.45, 7) is 2.15. The van der Waals surface area contributed by atoms with Gasteiger partial charge in [-0.3, -0.25) is 9.59 Å². The van der Waals surface area contributed by atoms with Crippen molar-refractivity contribution in [2.24, 2.45) is 5.92 Å². The van der Waals surface area contributed by atoms with Gasteiger partial charge < -0.3 is 5.32 Å². The van der Waals surface area contributed by atoms with Crippen molar-refractivity contribution in [3.05, 3.63) is 40.8 Å². The Morgan fingerprint density at radius 3 is 2.91 bits per heavy atom. The summed E-state index contributed by atoms with van der Waals surface area (Å²) >= 11 is 0. The van der Waals surface area contributed by atoms with Crippen molar-refractivity contribution in [3.8, 4) is 0 Å². The number of carbonyl (C=O) groups is 1. The van der Waals surface area contributed by atoms with Gasteiger partial charge in [-0.15, -0.1) is 0 Å². The molecule has 1 aliphatic rings. The molecule has 1 fully saturated rings. The van der Waals surface area contributed by atoms with Gasteiger partial charge in [0.25, 0.3) is 5.56 Å². The predicted molar refractivity (Wildman–Crippen MR) is 85.6 cm³/mol. The number of benzene rings is 1. The highest BCUT2D eigenvalue weighted by Gasteiger charge is 2.23. The SMILES string of the molecule is C[C@H]1CCCC[C@H]1NC(=O)Cn1ncc2ccccc2c1=O. The molecule has 116 valence electrons. The molecular formula is C17H21N3O2. The summed E-state index contributed by atoms with van der Waals surface area (Å²) in [4.78, 5) is 24.5. The molecule has 1 amide bonds. The summed E-state index contributed by atoms with van der Waals surface area (Å²) in [6.07, 6.45) is 6.20. The maximum Gasteiger partial charge on any atom is 0.275 e. The molecule has 1 saturated carbocycles.